The summed E-state index contributed by atoms with van der Waals surface area (Å²) in [4.78, 5) is 0. The van der Waals surface area contributed by atoms with Crippen LogP contribution in [0.4, 0.5) is 0 Å². The third-order valence-corrected chi connectivity index (χ3v) is 4.70. The van der Waals surface area contributed by atoms with Crippen LogP contribution in [0.5, 0.6) is 5.75 Å². The molecule has 1 aromatic rings. The normalized spacial score (nSPS) is 19.8. The first-order chi connectivity index (χ1) is 9.28. The zero-order chi connectivity index (χ0) is 13.7. The molecule has 1 aromatic carbocycles. The lowest BCUT2D eigenvalue weighted by atomic mass is 9.87. The fourth-order valence-electron chi connectivity index (χ4n) is 2.85. The number of methoxy groups -OCH3 is 1. The van der Waals surface area contributed by atoms with Crippen molar-refractivity contribution < 1.29 is 4.74 Å². The minimum Gasteiger partial charge on any atom is -0.497 e. The molecule has 0 amide bonds. The Morgan fingerprint density at radius 1 is 1.47 bits per heavy atom. The first-order valence-corrected chi connectivity index (χ1v) is 8.59. The highest BCUT2D eigenvalue weighted by molar-refractivity contribution is 7.98. The first-order valence-electron chi connectivity index (χ1n) is 7.20. The maximum atomic E-state index is 5.38. The van der Waals surface area contributed by atoms with E-state index in [1.54, 1.807) is 7.11 Å². The zero-order valence-corrected chi connectivity index (χ0v) is 13.1. The van der Waals surface area contributed by atoms with E-state index >= 15 is 0 Å². The molecule has 1 N–H and O–H groups in total. The number of nitrogens with one attached hydrogen (secondary N) is 1. The van der Waals surface area contributed by atoms with Crippen molar-refractivity contribution in [3.63, 3.8) is 0 Å². The Morgan fingerprint density at radius 3 is 3.00 bits per heavy atom. The number of aryl methyl sites for hydroxylation is 1. The van der Waals surface area contributed by atoms with Gasteiger partial charge in [-0.2, -0.15) is 11.8 Å². The lowest BCUT2D eigenvalue weighted by Gasteiger charge is -2.30. The van der Waals surface area contributed by atoms with Crippen molar-refractivity contribution in [2.75, 3.05) is 19.1 Å². The summed E-state index contributed by atoms with van der Waals surface area (Å²) < 4.78 is 5.38. The van der Waals surface area contributed by atoms with Crippen molar-refractivity contribution in [2.45, 2.75) is 44.7 Å². The molecule has 0 aliphatic heterocycles. The van der Waals surface area contributed by atoms with Crippen LogP contribution in [0.3, 0.4) is 0 Å². The standard InChI is InChI=1S/C16H25NOS/c1-4-13(11-19-3)17-16-7-5-6-12-8-9-14(18-2)10-15(12)16/h8-10,13,16-17H,4-7,11H2,1-3H3. The fraction of sp³-hybridized carbons (Fsp3) is 0.625. The molecule has 0 heterocycles. The molecule has 2 rings (SSSR count). The average molecular weight is 279 g/mol. The predicted octanol–water partition coefficient (Wildman–Crippen LogP) is 3.80. The largest absolute Gasteiger partial charge is 0.497 e. The number of hydrogen-bond donors (Lipinski definition) is 1. The average Bonchev–Trinajstić information content (AvgIpc) is 2.46. The zero-order valence-electron chi connectivity index (χ0n) is 12.2. The second kappa shape index (κ2) is 7.20. The van der Waals surface area contributed by atoms with E-state index in [-0.39, 0.29) is 0 Å². The summed E-state index contributed by atoms with van der Waals surface area (Å²) in [5.74, 6) is 2.16. The van der Waals surface area contributed by atoms with Crippen molar-refractivity contribution in [3.05, 3.63) is 29.3 Å². The molecule has 1 aliphatic carbocycles. The molecule has 1 aliphatic rings. The van der Waals surface area contributed by atoms with Gasteiger partial charge >= 0.3 is 0 Å². The van der Waals surface area contributed by atoms with Gasteiger partial charge in [0.15, 0.2) is 0 Å². The van der Waals surface area contributed by atoms with E-state index in [0.717, 1.165) is 5.75 Å². The molecular formula is C16H25NOS. The van der Waals surface area contributed by atoms with Gasteiger partial charge in [0.05, 0.1) is 7.11 Å². The van der Waals surface area contributed by atoms with Crippen molar-refractivity contribution in [3.8, 4) is 5.75 Å². The van der Waals surface area contributed by atoms with Gasteiger partial charge in [-0.3, -0.25) is 0 Å². The Kier molecular flexibility index (Phi) is 5.59. The van der Waals surface area contributed by atoms with E-state index in [1.807, 2.05) is 11.8 Å². The van der Waals surface area contributed by atoms with E-state index in [2.05, 4.69) is 36.7 Å². The van der Waals surface area contributed by atoms with Crippen LogP contribution >= 0.6 is 11.8 Å². The van der Waals surface area contributed by atoms with Gasteiger partial charge < -0.3 is 10.1 Å². The maximum Gasteiger partial charge on any atom is 0.119 e. The summed E-state index contributed by atoms with van der Waals surface area (Å²) in [7, 11) is 1.75. The topological polar surface area (TPSA) is 21.3 Å². The Balaban J connectivity index is 2.15. The molecule has 0 aromatic heterocycles. The number of rotatable bonds is 6. The van der Waals surface area contributed by atoms with E-state index in [4.69, 9.17) is 4.74 Å². The quantitative estimate of drug-likeness (QED) is 0.855. The SMILES string of the molecule is CCC(CSC)NC1CCCc2ccc(OC)cc21. The number of hydrogen-bond acceptors (Lipinski definition) is 3. The van der Waals surface area contributed by atoms with Crippen LogP contribution in [0.1, 0.15) is 43.4 Å². The smallest absolute Gasteiger partial charge is 0.119 e. The van der Waals surface area contributed by atoms with Gasteiger partial charge in [0.25, 0.3) is 0 Å². The van der Waals surface area contributed by atoms with Crippen molar-refractivity contribution in [1.82, 2.24) is 5.32 Å². The lowest BCUT2D eigenvalue weighted by Crippen LogP contribution is -2.36. The van der Waals surface area contributed by atoms with Crippen molar-refractivity contribution in [1.29, 1.82) is 0 Å². The van der Waals surface area contributed by atoms with Crippen molar-refractivity contribution >= 4 is 11.8 Å². The number of thioether (sulfide) groups is 1. The van der Waals surface area contributed by atoms with Gasteiger partial charge in [-0.25, -0.2) is 0 Å². The van der Waals surface area contributed by atoms with Gasteiger partial charge in [-0.1, -0.05) is 13.0 Å². The van der Waals surface area contributed by atoms with Crippen LogP contribution in [0.2, 0.25) is 0 Å². The van der Waals surface area contributed by atoms with Crippen LogP contribution in [0.25, 0.3) is 0 Å². The van der Waals surface area contributed by atoms with E-state index in [0.29, 0.717) is 12.1 Å². The molecule has 0 spiro atoms. The Hall–Kier alpha value is -0.670. The Bertz CT molecular complexity index is 408. The molecule has 2 unspecified atom stereocenters. The lowest BCUT2D eigenvalue weighted by molar-refractivity contribution is 0.394. The van der Waals surface area contributed by atoms with E-state index in [1.165, 1.54) is 42.6 Å². The molecule has 0 bridgehead atoms. The number of ether oxygens (including phenoxy) is 1. The molecule has 3 heteroatoms. The molecule has 0 saturated heterocycles. The molecule has 106 valence electrons. The van der Waals surface area contributed by atoms with Gasteiger partial charge in [0, 0.05) is 17.8 Å². The fourth-order valence-corrected chi connectivity index (χ4v) is 3.58. The van der Waals surface area contributed by atoms with Crippen LogP contribution in [0, 0.1) is 0 Å². The second-order valence-electron chi connectivity index (χ2n) is 5.24. The van der Waals surface area contributed by atoms with Gasteiger partial charge in [-0.05, 0) is 55.2 Å². The highest BCUT2D eigenvalue weighted by Crippen LogP contribution is 2.33. The molecule has 2 atom stereocenters. The minimum absolute atomic E-state index is 0.496. The molecule has 2 nitrogen and oxygen atoms in total. The summed E-state index contributed by atoms with van der Waals surface area (Å²) >= 11 is 1.92. The molecular weight excluding hydrogens is 254 g/mol. The number of benzene rings is 1. The Labute approximate surface area is 121 Å². The summed E-state index contributed by atoms with van der Waals surface area (Å²) in [6, 6.07) is 7.64. The Morgan fingerprint density at radius 2 is 2.32 bits per heavy atom. The highest BCUT2D eigenvalue weighted by atomic mass is 32.2. The first kappa shape index (κ1) is 14.7. The van der Waals surface area contributed by atoms with Crippen LogP contribution in [-0.4, -0.2) is 25.2 Å². The van der Waals surface area contributed by atoms with Crippen LogP contribution in [-0.2, 0) is 6.42 Å². The van der Waals surface area contributed by atoms with Gasteiger partial charge in [0.2, 0.25) is 0 Å². The third-order valence-electron chi connectivity index (χ3n) is 3.96. The third kappa shape index (κ3) is 3.67. The monoisotopic (exact) mass is 279 g/mol. The number of fused-ring (bicyclic) bond motifs is 1. The van der Waals surface area contributed by atoms with Crippen LogP contribution in [0.15, 0.2) is 18.2 Å². The van der Waals surface area contributed by atoms with Crippen molar-refractivity contribution in [2.24, 2.45) is 0 Å². The molecule has 19 heavy (non-hydrogen) atoms. The molecule has 0 fully saturated rings. The minimum atomic E-state index is 0.496. The molecule has 0 radical (unpaired) electrons. The maximum absolute atomic E-state index is 5.38. The van der Waals surface area contributed by atoms with Gasteiger partial charge in [-0.15, -0.1) is 0 Å². The highest BCUT2D eigenvalue weighted by Gasteiger charge is 2.22. The summed E-state index contributed by atoms with van der Waals surface area (Å²) in [5.41, 5.74) is 2.94. The van der Waals surface area contributed by atoms with Gasteiger partial charge in [0.1, 0.15) is 5.75 Å². The molecule has 0 saturated carbocycles. The van der Waals surface area contributed by atoms with E-state index < -0.39 is 0 Å². The second-order valence-corrected chi connectivity index (χ2v) is 6.15. The summed E-state index contributed by atoms with van der Waals surface area (Å²) in [6.45, 7) is 2.27. The predicted molar refractivity (Wildman–Crippen MR) is 84.3 cm³/mol. The summed E-state index contributed by atoms with van der Waals surface area (Å²) in [5, 5.41) is 3.84. The van der Waals surface area contributed by atoms with E-state index in [9.17, 15) is 0 Å². The van der Waals surface area contributed by atoms with Crippen LogP contribution < -0.4 is 10.1 Å². The summed E-state index contributed by atoms with van der Waals surface area (Å²) in [6.07, 6.45) is 7.10.